The van der Waals surface area contributed by atoms with Crippen LogP contribution in [0, 0.1) is 0 Å². The number of hydrogen-bond acceptors (Lipinski definition) is 5. The topological polar surface area (TPSA) is 95.9 Å². The second kappa shape index (κ2) is 69.8. The summed E-state index contributed by atoms with van der Waals surface area (Å²) in [5.41, 5.74) is 0. The van der Waals surface area contributed by atoms with E-state index in [1.54, 1.807) is 0 Å². The van der Waals surface area contributed by atoms with Gasteiger partial charge in [-0.1, -0.05) is 366 Å². The van der Waals surface area contributed by atoms with Crippen LogP contribution in [-0.2, 0) is 14.3 Å². The maximum Gasteiger partial charge on any atom is 0.305 e. The Morgan fingerprint density at radius 2 is 0.625 bits per heavy atom. The van der Waals surface area contributed by atoms with Crippen molar-refractivity contribution < 1.29 is 24.5 Å². The molecular weight excluding hydrogens is 983 g/mol. The van der Waals surface area contributed by atoms with Crippen molar-refractivity contribution in [3.8, 4) is 0 Å². The molecule has 6 nitrogen and oxygen atoms in total. The quantitative estimate of drug-likeness (QED) is 0.0320. The maximum absolute atomic E-state index is 12.5. The lowest BCUT2D eigenvalue weighted by atomic mass is 10.0. The highest BCUT2D eigenvalue weighted by molar-refractivity contribution is 5.76. The second-order valence-corrected chi connectivity index (χ2v) is 25.3. The lowest BCUT2D eigenvalue weighted by molar-refractivity contribution is -0.143. The van der Waals surface area contributed by atoms with Gasteiger partial charge in [-0.15, -0.1) is 0 Å². The van der Waals surface area contributed by atoms with Gasteiger partial charge in [-0.25, -0.2) is 0 Å². The molecule has 6 heteroatoms. The van der Waals surface area contributed by atoms with Crippen molar-refractivity contribution in [3.05, 3.63) is 24.3 Å². The van der Waals surface area contributed by atoms with E-state index in [9.17, 15) is 19.8 Å². The van der Waals surface area contributed by atoms with Crippen LogP contribution in [0.4, 0.5) is 0 Å². The number of carbonyl (C=O) groups excluding carboxylic acids is 2. The molecule has 2 unspecified atom stereocenters. The first-order chi connectivity index (χ1) is 39.5. The van der Waals surface area contributed by atoms with Crippen molar-refractivity contribution in [2.45, 2.75) is 424 Å². The Morgan fingerprint density at radius 1 is 0.350 bits per heavy atom. The van der Waals surface area contributed by atoms with Crippen molar-refractivity contribution in [2.24, 2.45) is 0 Å². The molecule has 2 atom stereocenters. The smallest absolute Gasteiger partial charge is 0.305 e. The number of rotatable bonds is 69. The zero-order chi connectivity index (χ0) is 57.8. The minimum atomic E-state index is -0.667. The van der Waals surface area contributed by atoms with Gasteiger partial charge < -0.3 is 20.3 Å². The average Bonchev–Trinajstić information content (AvgIpc) is 3.46. The van der Waals surface area contributed by atoms with Crippen molar-refractivity contribution in [1.82, 2.24) is 5.32 Å². The van der Waals surface area contributed by atoms with Gasteiger partial charge in [-0.3, -0.25) is 9.59 Å². The van der Waals surface area contributed by atoms with E-state index in [1.807, 2.05) is 0 Å². The van der Waals surface area contributed by atoms with Crippen LogP contribution in [-0.4, -0.2) is 47.4 Å². The number of amides is 1. The molecule has 0 heterocycles. The normalized spacial score (nSPS) is 12.6. The van der Waals surface area contributed by atoms with Crippen LogP contribution in [0.15, 0.2) is 24.3 Å². The fourth-order valence-electron chi connectivity index (χ4n) is 11.7. The lowest BCUT2D eigenvalue weighted by Crippen LogP contribution is -2.45. The van der Waals surface area contributed by atoms with Crippen LogP contribution in [0.25, 0.3) is 0 Å². The van der Waals surface area contributed by atoms with Gasteiger partial charge in [0.25, 0.3) is 0 Å². The van der Waals surface area contributed by atoms with Crippen molar-refractivity contribution in [2.75, 3.05) is 13.2 Å². The zero-order valence-corrected chi connectivity index (χ0v) is 54.3. The summed E-state index contributed by atoms with van der Waals surface area (Å²) in [7, 11) is 0. The van der Waals surface area contributed by atoms with Gasteiger partial charge in [0.05, 0.1) is 25.4 Å². The number of hydrogen-bond donors (Lipinski definition) is 3. The molecule has 0 aliphatic heterocycles. The van der Waals surface area contributed by atoms with E-state index in [-0.39, 0.29) is 18.5 Å². The summed E-state index contributed by atoms with van der Waals surface area (Å²) in [4.78, 5) is 24.6. The molecule has 0 aromatic heterocycles. The summed E-state index contributed by atoms with van der Waals surface area (Å²) in [6, 6.07) is -0.545. The monoisotopic (exact) mass is 1130 g/mol. The third-order valence-electron chi connectivity index (χ3n) is 17.3. The van der Waals surface area contributed by atoms with E-state index in [4.69, 9.17) is 4.74 Å². The third-order valence-corrected chi connectivity index (χ3v) is 17.3. The van der Waals surface area contributed by atoms with E-state index >= 15 is 0 Å². The first-order valence-electron chi connectivity index (χ1n) is 36.6. The highest BCUT2D eigenvalue weighted by Gasteiger charge is 2.20. The molecule has 474 valence electrons. The Morgan fingerprint density at radius 3 is 0.950 bits per heavy atom. The number of aliphatic hydroxyl groups is 2. The molecular formula is C74H143NO5. The first-order valence-corrected chi connectivity index (χ1v) is 36.6. The Bertz CT molecular complexity index is 1250. The minimum absolute atomic E-state index is 0.0155. The first kappa shape index (κ1) is 78.3. The fraction of sp³-hybridized carbons (Fsp3) is 0.919. The van der Waals surface area contributed by atoms with Crippen LogP contribution in [0.1, 0.15) is 412 Å². The molecule has 0 saturated carbocycles. The van der Waals surface area contributed by atoms with Crippen molar-refractivity contribution in [3.63, 3.8) is 0 Å². The minimum Gasteiger partial charge on any atom is -0.466 e. The van der Waals surface area contributed by atoms with Crippen LogP contribution in [0.3, 0.4) is 0 Å². The number of unbranched alkanes of at least 4 members (excludes halogenated alkanes) is 54. The zero-order valence-electron chi connectivity index (χ0n) is 54.3. The van der Waals surface area contributed by atoms with E-state index in [2.05, 4.69) is 43.5 Å². The molecule has 0 aromatic rings. The van der Waals surface area contributed by atoms with E-state index in [1.165, 1.54) is 334 Å². The lowest BCUT2D eigenvalue weighted by Gasteiger charge is -2.22. The van der Waals surface area contributed by atoms with Gasteiger partial charge in [-0.2, -0.15) is 0 Å². The summed E-state index contributed by atoms with van der Waals surface area (Å²) in [6.45, 7) is 5.00. The standard InChI is InChI=1S/C74H143NO5/c1-3-5-7-9-11-13-15-17-19-21-31-35-38-42-46-50-54-58-62-66-72(77)71(70-76)75-73(78)67-63-59-55-51-47-43-39-36-32-29-27-25-23-22-24-26-28-30-33-37-41-45-49-53-57-61-65-69-80-74(79)68-64-60-56-52-48-44-40-34-20-18-16-14-12-10-8-6-4-2/h22-23,26,28,71-72,76-77H,3-21,24-25,27,29-70H2,1-2H3,(H,75,78)/b23-22-,28-26-. The molecule has 1 amide bonds. The Balaban J connectivity index is 3.40. The largest absolute Gasteiger partial charge is 0.466 e. The van der Waals surface area contributed by atoms with Crippen LogP contribution >= 0.6 is 0 Å². The SMILES string of the molecule is CCCCCCCCCCCCCCCCCCCCCC(O)C(CO)NC(=O)CCCCCCCCCCCCC/C=C\C/C=C\CCCCCCCCCCCOC(=O)CCCCCCCCCCCCCCCCCCC. The third kappa shape index (κ3) is 65.5. The molecule has 3 N–H and O–H groups in total. The number of nitrogens with one attached hydrogen (secondary N) is 1. The number of aliphatic hydroxyl groups excluding tert-OH is 2. The highest BCUT2D eigenvalue weighted by Crippen LogP contribution is 2.19. The van der Waals surface area contributed by atoms with E-state index in [0.717, 1.165) is 44.9 Å². The number of allylic oxidation sites excluding steroid dienone is 4. The van der Waals surface area contributed by atoms with Crippen molar-refractivity contribution in [1.29, 1.82) is 0 Å². The predicted molar refractivity (Wildman–Crippen MR) is 352 cm³/mol. The molecule has 0 aromatic carbocycles. The summed E-state index contributed by atoms with van der Waals surface area (Å²) in [5, 5.41) is 23.4. The summed E-state index contributed by atoms with van der Waals surface area (Å²) >= 11 is 0. The molecule has 0 aliphatic rings. The van der Waals surface area contributed by atoms with Gasteiger partial charge in [0, 0.05) is 12.8 Å². The van der Waals surface area contributed by atoms with E-state index < -0.39 is 12.1 Å². The maximum atomic E-state index is 12.5. The molecule has 0 rings (SSSR count). The Hall–Kier alpha value is -1.66. The van der Waals surface area contributed by atoms with Crippen LogP contribution in [0.5, 0.6) is 0 Å². The number of ether oxygens (including phenoxy) is 1. The second-order valence-electron chi connectivity index (χ2n) is 25.3. The highest BCUT2D eigenvalue weighted by atomic mass is 16.5. The number of esters is 1. The van der Waals surface area contributed by atoms with Crippen molar-refractivity contribution >= 4 is 11.9 Å². The summed E-state index contributed by atoms with van der Waals surface area (Å²) in [5.74, 6) is -0.0185. The molecule has 0 saturated heterocycles. The Labute approximate surface area is 501 Å². The molecule has 0 radical (unpaired) electrons. The molecule has 0 spiro atoms. The van der Waals surface area contributed by atoms with E-state index in [0.29, 0.717) is 25.9 Å². The van der Waals surface area contributed by atoms with Gasteiger partial charge in [0.15, 0.2) is 0 Å². The molecule has 0 fully saturated rings. The molecule has 0 bridgehead atoms. The predicted octanol–water partition coefficient (Wildman–Crippen LogP) is 23.7. The van der Waals surface area contributed by atoms with Gasteiger partial charge in [-0.05, 0) is 57.8 Å². The molecule has 0 aliphatic carbocycles. The van der Waals surface area contributed by atoms with Gasteiger partial charge >= 0.3 is 5.97 Å². The fourth-order valence-corrected chi connectivity index (χ4v) is 11.7. The Kier molecular flexibility index (Phi) is 68.4. The van der Waals surface area contributed by atoms with Gasteiger partial charge in [0.2, 0.25) is 5.91 Å². The van der Waals surface area contributed by atoms with Gasteiger partial charge in [0.1, 0.15) is 0 Å². The molecule has 80 heavy (non-hydrogen) atoms. The number of carbonyl (C=O) groups is 2. The van der Waals surface area contributed by atoms with Crippen LogP contribution in [0.2, 0.25) is 0 Å². The summed E-state index contributed by atoms with van der Waals surface area (Å²) in [6.07, 6.45) is 88.0. The summed E-state index contributed by atoms with van der Waals surface area (Å²) < 4.78 is 5.50. The van der Waals surface area contributed by atoms with Crippen LogP contribution < -0.4 is 5.32 Å². The average molecular weight is 1130 g/mol.